The second-order valence-corrected chi connectivity index (χ2v) is 4.21. The summed E-state index contributed by atoms with van der Waals surface area (Å²) in [7, 11) is 1.56. The fourth-order valence-corrected chi connectivity index (χ4v) is 1.71. The highest BCUT2D eigenvalue weighted by atomic mass is 16.5. The van der Waals surface area contributed by atoms with Crippen molar-refractivity contribution in [2.24, 2.45) is 0 Å². The summed E-state index contributed by atoms with van der Waals surface area (Å²) >= 11 is 0. The van der Waals surface area contributed by atoms with E-state index >= 15 is 0 Å². The summed E-state index contributed by atoms with van der Waals surface area (Å²) < 4.78 is 5.13. The van der Waals surface area contributed by atoms with Gasteiger partial charge in [-0.1, -0.05) is 31.2 Å². The predicted octanol–water partition coefficient (Wildman–Crippen LogP) is 2.68. The molecular formula is C14H18N4O. The molecule has 0 spiro atoms. The van der Waals surface area contributed by atoms with Gasteiger partial charge in [0.1, 0.15) is 0 Å². The molecule has 0 unspecified atom stereocenters. The van der Waals surface area contributed by atoms with Crippen LogP contribution in [0.4, 0.5) is 5.95 Å². The molecule has 1 heterocycles. The molecule has 0 saturated carbocycles. The third-order valence-corrected chi connectivity index (χ3v) is 2.72. The van der Waals surface area contributed by atoms with E-state index in [9.17, 15) is 0 Å². The first-order valence-electron chi connectivity index (χ1n) is 6.34. The fourth-order valence-electron chi connectivity index (χ4n) is 1.71. The quantitative estimate of drug-likeness (QED) is 0.893. The number of aryl methyl sites for hydroxylation is 1. The number of aromatic nitrogens is 3. The summed E-state index contributed by atoms with van der Waals surface area (Å²) in [6.07, 6.45) is 1.01. The summed E-state index contributed by atoms with van der Waals surface area (Å²) in [6.45, 7) is 4.94. The van der Waals surface area contributed by atoms with Crippen LogP contribution in [0, 0.1) is 6.92 Å². The van der Waals surface area contributed by atoms with Gasteiger partial charge in [0.2, 0.25) is 5.95 Å². The number of hydrogen-bond donors (Lipinski definition) is 1. The van der Waals surface area contributed by atoms with Crippen LogP contribution in [-0.4, -0.2) is 28.6 Å². The van der Waals surface area contributed by atoms with Gasteiger partial charge in [-0.2, -0.15) is 15.0 Å². The van der Waals surface area contributed by atoms with Gasteiger partial charge in [-0.3, -0.25) is 0 Å². The van der Waals surface area contributed by atoms with Crippen molar-refractivity contribution in [2.45, 2.75) is 20.3 Å². The number of methoxy groups -OCH3 is 1. The van der Waals surface area contributed by atoms with Gasteiger partial charge in [0.05, 0.1) is 7.11 Å². The van der Waals surface area contributed by atoms with Crippen molar-refractivity contribution in [1.29, 1.82) is 0 Å². The largest absolute Gasteiger partial charge is 0.467 e. The second kappa shape index (κ2) is 6.13. The minimum atomic E-state index is 0.326. The van der Waals surface area contributed by atoms with Crippen molar-refractivity contribution in [3.63, 3.8) is 0 Å². The lowest BCUT2D eigenvalue weighted by atomic mass is 10.1. The fraction of sp³-hybridized carbons (Fsp3) is 0.357. The Kier molecular flexibility index (Phi) is 4.28. The molecule has 2 aromatic rings. The lowest BCUT2D eigenvalue weighted by molar-refractivity contribution is 0.379. The summed E-state index contributed by atoms with van der Waals surface area (Å²) in [5, 5.41) is 3.16. The molecule has 1 aromatic carbocycles. The van der Waals surface area contributed by atoms with Gasteiger partial charge in [-0.05, 0) is 18.9 Å². The number of rotatable bonds is 5. The average Bonchev–Trinajstić information content (AvgIpc) is 2.45. The SMILES string of the molecule is CCCNc1nc(OC)nc(-c2ccccc2C)n1. The molecule has 0 radical (unpaired) electrons. The zero-order valence-corrected chi connectivity index (χ0v) is 11.5. The van der Waals surface area contributed by atoms with Crippen molar-refractivity contribution in [1.82, 2.24) is 15.0 Å². The van der Waals surface area contributed by atoms with Crippen LogP contribution < -0.4 is 10.1 Å². The summed E-state index contributed by atoms with van der Waals surface area (Å²) in [4.78, 5) is 12.9. The topological polar surface area (TPSA) is 59.9 Å². The summed E-state index contributed by atoms with van der Waals surface area (Å²) in [5.74, 6) is 1.18. The van der Waals surface area contributed by atoms with E-state index in [-0.39, 0.29) is 0 Å². The van der Waals surface area contributed by atoms with Crippen LogP contribution >= 0.6 is 0 Å². The standard InChI is InChI=1S/C14H18N4O/c1-4-9-15-13-16-12(17-14(18-13)19-3)11-8-6-5-7-10(11)2/h5-8H,4,9H2,1-3H3,(H,15,16,17,18). The monoisotopic (exact) mass is 258 g/mol. The molecule has 0 fully saturated rings. The first-order valence-corrected chi connectivity index (χ1v) is 6.34. The molecule has 2 rings (SSSR count). The maximum absolute atomic E-state index is 5.13. The molecule has 1 aromatic heterocycles. The minimum Gasteiger partial charge on any atom is -0.467 e. The van der Waals surface area contributed by atoms with Gasteiger partial charge >= 0.3 is 6.01 Å². The summed E-state index contributed by atoms with van der Waals surface area (Å²) in [5.41, 5.74) is 2.11. The number of nitrogens with zero attached hydrogens (tertiary/aromatic N) is 3. The van der Waals surface area contributed by atoms with Crippen molar-refractivity contribution >= 4 is 5.95 Å². The van der Waals surface area contributed by atoms with Crippen molar-refractivity contribution < 1.29 is 4.74 Å². The Labute approximate surface area is 113 Å². The van der Waals surface area contributed by atoms with Crippen LogP contribution in [0.25, 0.3) is 11.4 Å². The van der Waals surface area contributed by atoms with Gasteiger partial charge < -0.3 is 10.1 Å². The molecule has 0 aliphatic heterocycles. The Hall–Kier alpha value is -2.17. The zero-order chi connectivity index (χ0) is 13.7. The first kappa shape index (κ1) is 13.3. The van der Waals surface area contributed by atoms with E-state index in [0.717, 1.165) is 24.1 Å². The van der Waals surface area contributed by atoms with Gasteiger partial charge in [0.15, 0.2) is 5.82 Å². The Balaban J connectivity index is 2.42. The predicted molar refractivity (Wildman–Crippen MR) is 75.3 cm³/mol. The number of nitrogens with one attached hydrogen (secondary N) is 1. The van der Waals surface area contributed by atoms with Crippen LogP contribution in [0.3, 0.4) is 0 Å². The Morgan fingerprint density at radius 3 is 2.63 bits per heavy atom. The van der Waals surface area contributed by atoms with Crippen LogP contribution in [-0.2, 0) is 0 Å². The highest BCUT2D eigenvalue weighted by Crippen LogP contribution is 2.21. The second-order valence-electron chi connectivity index (χ2n) is 4.21. The summed E-state index contributed by atoms with van der Waals surface area (Å²) in [6, 6.07) is 8.32. The normalized spacial score (nSPS) is 10.3. The van der Waals surface area contributed by atoms with Crippen molar-refractivity contribution in [2.75, 3.05) is 19.0 Å². The van der Waals surface area contributed by atoms with Crippen LogP contribution in [0.1, 0.15) is 18.9 Å². The van der Waals surface area contributed by atoms with Crippen LogP contribution in [0.5, 0.6) is 6.01 Å². The molecule has 0 bridgehead atoms. The lowest BCUT2D eigenvalue weighted by Gasteiger charge is -2.09. The Morgan fingerprint density at radius 2 is 1.95 bits per heavy atom. The van der Waals surface area contributed by atoms with E-state index in [1.165, 1.54) is 0 Å². The Morgan fingerprint density at radius 1 is 1.16 bits per heavy atom. The molecular weight excluding hydrogens is 240 g/mol. The van der Waals surface area contributed by atoms with E-state index < -0.39 is 0 Å². The maximum atomic E-state index is 5.13. The van der Waals surface area contributed by atoms with E-state index in [1.807, 2.05) is 31.2 Å². The third-order valence-electron chi connectivity index (χ3n) is 2.72. The number of benzene rings is 1. The molecule has 5 nitrogen and oxygen atoms in total. The number of hydrogen-bond acceptors (Lipinski definition) is 5. The molecule has 5 heteroatoms. The Bertz CT molecular complexity index is 557. The molecule has 0 aliphatic carbocycles. The van der Waals surface area contributed by atoms with Gasteiger partial charge in [0, 0.05) is 12.1 Å². The lowest BCUT2D eigenvalue weighted by Crippen LogP contribution is -2.08. The van der Waals surface area contributed by atoms with E-state index in [2.05, 4.69) is 27.2 Å². The maximum Gasteiger partial charge on any atom is 0.321 e. The van der Waals surface area contributed by atoms with Gasteiger partial charge in [-0.15, -0.1) is 0 Å². The highest BCUT2D eigenvalue weighted by molar-refractivity contribution is 5.60. The molecule has 0 saturated heterocycles. The molecule has 0 aliphatic rings. The third kappa shape index (κ3) is 3.19. The minimum absolute atomic E-state index is 0.326. The van der Waals surface area contributed by atoms with E-state index in [0.29, 0.717) is 17.8 Å². The highest BCUT2D eigenvalue weighted by Gasteiger charge is 2.10. The first-order chi connectivity index (χ1) is 9.24. The van der Waals surface area contributed by atoms with Crippen LogP contribution in [0.2, 0.25) is 0 Å². The van der Waals surface area contributed by atoms with Crippen molar-refractivity contribution in [3.8, 4) is 17.4 Å². The van der Waals surface area contributed by atoms with Crippen molar-refractivity contribution in [3.05, 3.63) is 29.8 Å². The number of ether oxygens (including phenoxy) is 1. The molecule has 0 atom stereocenters. The van der Waals surface area contributed by atoms with E-state index in [4.69, 9.17) is 4.74 Å². The average molecular weight is 258 g/mol. The zero-order valence-electron chi connectivity index (χ0n) is 11.5. The molecule has 1 N–H and O–H groups in total. The molecule has 0 amide bonds. The smallest absolute Gasteiger partial charge is 0.321 e. The van der Waals surface area contributed by atoms with Gasteiger partial charge in [0.25, 0.3) is 0 Å². The number of anilines is 1. The molecule has 100 valence electrons. The van der Waals surface area contributed by atoms with Crippen LogP contribution in [0.15, 0.2) is 24.3 Å². The molecule has 19 heavy (non-hydrogen) atoms. The van der Waals surface area contributed by atoms with E-state index in [1.54, 1.807) is 7.11 Å². The van der Waals surface area contributed by atoms with Gasteiger partial charge in [-0.25, -0.2) is 0 Å².